The predicted octanol–water partition coefficient (Wildman–Crippen LogP) is 1.12. The topological polar surface area (TPSA) is 52.7 Å². The van der Waals surface area contributed by atoms with Crippen LogP contribution in [0.3, 0.4) is 0 Å². The molecular weight excluding hydrogens is 286 g/mol. The van der Waals surface area contributed by atoms with Crippen molar-refractivity contribution >= 4 is 10.0 Å². The zero-order valence-electron chi connectivity index (χ0n) is 13.6. The van der Waals surface area contributed by atoms with Crippen LogP contribution < -0.4 is 5.32 Å². The second kappa shape index (κ2) is 7.90. The molecule has 124 valence electrons. The van der Waals surface area contributed by atoms with Crippen LogP contribution in [0.4, 0.5) is 0 Å². The van der Waals surface area contributed by atoms with Crippen LogP contribution in [0.25, 0.3) is 0 Å². The van der Waals surface area contributed by atoms with Gasteiger partial charge in [0.1, 0.15) is 0 Å². The summed E-state index contributed by atoms with van der Waals surface area (Å²) in [6.07, 6.45) is 5.00. The van der Waals surface area contributed by atoms with Gasteiger partial charge < -0.3 is 10.2 Å². The number of hydrogen-bond donors (Lipinski definition) is 1. The molecule has 0 atom stereocenters. The van der Waals surface area contributed by atoms with Gasteiger partial charge in [0.25, 0.3) is 0 Å². The lowest BCUT2D eigenvalue weighted by molar-refractivity contribution is 0.176. The van der Waals surface area contributed by atoms with Crippen LogP contribution in [-0.4, -0.2) is 69.2 Å². The molecule has 2 fully saturated rings. The third-order valence-corrected chi connectivity index (χ3v) is 7.13. The largest absolute Gasteiger partial charge is 0.317 e. The van der Waals surface area contributed by atoms with E-state index in [4.69, 9.17) is 0 Å². The van der Waals surface area contributed by atoms with Gasteiger partial charge in [0.15, 0.2) is 0 Å². The standard InChI is InChI=1S/C15H31N3O2S/c1-3-18-11-6-15(7-12-18)17(2)21(19,20)13-8-14-4-9-16-10-5-14/h14-16H,3-13H2,1-2H3. The summed E-state index contributed by atoms with van der Waals surface area (Å²) in [4.78, 5) is 2.39. The van der Waals surface area contributed by atoms with Crippen LogP contribution in [0.2, 0.25) is 0 Å². The molecule has 0 saturated carbocycles. The average molecular weight is 317 g/mol. The minimum Gasteiger partial charge on any atom is -0.317 e. The maximum atomic E-state index is 12.5. The first-order valence-electron chi connectivity index (χ1n) is 8.41. The van der Waals surface area contributed by atoms with Crippen LogP contribution in [0, 0.1) is 5.92 Å². The van der Waals surface area contributed by atoms with E-state index in [1.54, 1.807) is 11.4 Å². The first-order chi connectivity index (χ1) is 10.0. The first kappa shape index (κ1) is 17.2. The highest BCUT2D eigenvalue weighted by Gasteiger charge is 2.29. The molecule has 0 amide bonds. The molecule has 21 heavy (non-hydrogen) atoms. The SMILES string of the molecule is CCN1CCC(N(C)S(=O)(=O)CCC2CCNCC2)CC1. The van der Waals surface area contributed by atoms with Crippen LogP contribution in [-0.2, 0) is 10.0 Å². The predicted molar refractivity (Wildman–Crippen MR) is 86.9 cm³/mol. The molecule has 0 bridgehead atoms. The van der Waals surface area contributed by atoms with Crippen molar-refractivity contribution in [3.63, 3.8) is 0 Å². The molecule has 0 radical (unpaired) electrons. The van der Waals surface area contributed by atoms with E-state index in [1.807, 2.05) is 0 Å². The maximum Gasteiger partial charge on any atom is 0.214 e. The summed E-state index contributed by atoms with van der Waals surface area (Å²) in [6, 6.07) is 0.200. The van der Waals surface area contributed by atoms with Crippen LogP contribution in [0.1, 0.15) is 39.0 Å². The Kier molecular flexibility index (Phi) is 6.47. The summed E-state index contributed by atoms with van der Waals surface area (Å²) in [5.41, 5.74) is 0. The van der Waals surface area contributed by atoms with E-state index >= 15 is 0 Å². The van der Waals surface area contributed by atoms with Crippen molar-refractivity contribution in [2.75, 3.05) is 45.5 Å². The second-order valence-electron chi connectivity index (χ2n) is 6.48. The Balaban J connectivity index is 1.80. The van der Waals surface area contributed by atoms with Crippen molar-refractivity contribution in [1.29, 1.82) is 0 Å². The zero-order valence-corrected chi connectivity index (χ0v) is 14.4. The molecule has 0 unspecified atom stereocenters. The van der Waals surface area contributed by atoms with E-state index < -0.39 is 10.0 Å². The fraction of sp³-hybridized carbons (Fsp3) is 1.00. The molecule has 0 aromatic heterocycles. The fourth-order valence-electron chi connectivity index (χ4n) is 3.46. The Morgan fingerprint density at radius 1 is 1.14 bits per heavy atom. The van der Waals surface area contributed by atoms with E-state index in [1.165, 1.54) is 0 Å². The minimum absolute atomic E-state index is 0.200. The lowest BCUT2D eigenvalue weighted by Crippen LogP contribution is -2.46. The molecule has 2 saturated heterocycles. The van der Waals surface area contributed by atoms with Gasteiger partial charge in [-0.25, -0.2) is 12.7 Å². The maximum absolute atomic E-state index is 12.5. The summed E-state index contributed by atoms with van der Waals surface area (Å²) >= 11 is 0. The summed E-state index contributed by atoms with van der Waals surface area (Å²) in [5, 5.41) is 3.33. The third-order valence-electron chi connectivity index (χ3n) is 5.20. The molecule has 0 aromatic rings. The monoisotopic (exact) mass is 317 g/mol. The summed E-state index contributed by atoms with van der Waals surface area (Å²) in [5.74, 6) is 0.902. The Bertz CT molecular complexity index is 399. The van der Waals surface area contributed by atoms with Crippen molar-refractivity contribution in [3.8, 4) is 0 Å². The summed E-state index contributed by atoms with van der Waals surface area (Å²) in [7, 11) is -1.31. The molecule has 2 aliphatic heterocycles. The Hall–Kier alpha value is -0.170. The van der Waals surface area contributed by atoms with Gasteiger partial charge in [0, 0.05) is 13.1 Å². The van der Waals surface area contributed by atoms with Crippen LogP contribution in [0.15, 0.2) is 0 Å². The van der Waals surface area contributed by atoms with E-state index in [0.29, 0.717) is 11.7 Å². The zero-order chi connectivity index (χ0) is 15.3. The minimum atomic E-state index is -3.09. The molecule has 1 N–H and O–H groups in total. The number of nitrogens with zero attached hydrogens (tertiary/aromatic N) is 2. The highest BCUT2D eigenvalue weighted by Crippen LogP contribution is 2.21. The van der Waals surface area contributed by atoms with Crippen LogP contribution >= 0.6 is 0 Å². The average Bonchev–Trinajstić information content (AvgIpc) is 2.53. The molecule has 6 heteroatoms. The lowest BCUT2D eigenvalue weighted by atomic mass is 9.96. The molecule has 0 spiro atoms. The number of nitrogens with one attached hydrogen (secondary N) is 1. The molecular formula is C15H31N3O2S. The number of rotatable bonds is 6. The lowest BCUT2D eigenvalue weighted by Gasteiger charge is -2.36. The van der Waals surface area contributed by atoms with Gasteiger partial charge >= 0.3 is 0 Å². The summed E-state index contributed by atoms with van der Waals surface area (Å²) in [6.45, 7) is 7.36. The Labute approximate surface area is 130 Å². The van der Waals surface area contributed by atoms with E-state index in [2.05, 4.69) is 17.1 Å². The highest BCUT2D eigenvalue weighted by molar-refractivity contribution is 7.89. The van der Waals surface area contributed by atoms with Gasteiger partial charge in [-0.15, -0.1) is 0 Å². The smallest absolute Gasteiger partial charge is 0.214 e. The van der Waals surface area contributed by atoms with Gasteiger partial charge in [-0.3, -0.25) is 0 Å². The molecule has 0 aliphatic carbocycles. The Morgan fingerprint density at radius 2 is 1.76 bits per heavy atom. The van der Waals surface area contributed by atoms with Gasteiger partial charge in [0.05, 0.1) is 5.75 Å². The van der Waals surface area contributed by atoms with Gasteiger partial charge in [-0.1, -0.05) is 6.92 Å². The van der Waals surface area contributed by atoms with Gasteiger partial charge in [0.2, 0.25) is 10.0 Å². The van der Waals surface area contributed by atoms with E-state index in [0.717, 1.165) is 64.8 Å². The molecule has 0 aromatic carbocycles. The third kappa shape index (κ3) is 4.91. The normalized spacial score (nSPS) is 23.8. The number of likely N-dealkylation sites (tertiary alicyclic amines) is 1. The second-order valence-corrected chi connectivity index (χ2v) is 8.63. The fourth-order valence-corrected chi connectivity index (χ4v) is 5.04. The molecule has 2 aliphatic rings. The van der Waals surface area contributed by atoms with Gasteiger partial charge in [-0.2, -0.15) is 0 Å². The van der Waals surface area contributed by atoms with Crippen molar-refractivity contribution in [3.05, 3.63) is 0 Å². The highest BCUT2D eigenvalue weighted by atomic mass is 32.2. The van der Waals surface area contributed by atoms with Gasteiger partial charge in [-0.05, 0) is 70.7 Å². The van der Waals surface area contributed by atoms with Crippen LogP contribution in [0.5, 0.6) is 0 Å². The molecule has 5 nitrogen and oxygen atoms in total. The molecule has 2 heterocycles. The van der Waals surface area contributed by atoms with Crippen molar-refractivity contribution in [1.82, 2.24) is 14.5 Å². The van der Waals surface area contributed by atoms with E-state index in [9.17, 15) is 8.42 Å². The number of hydrogen-bond acceptors (Lipinski definition) is 4. The summed E-state index contributed by atoms with van der Waals surface area (Å²) < 4.78 is 26.7. The first-order valence-corrected chi connectivity index (χ1v) is 10.0. The number of sulfonamides is 1. The molecule has 2 rings (SSSR count). The van der Waals surface area contributed by atoms with Crippen molar-refractivity contribution in [2.24, 2.45) is 5.92 Å². The Morgan fingerprint density at radius 3 is 2.33 bits per heavy atom. The van der Waals surface area contributed by atoms with Crippen molar-refractivity contribution in [2.45, 2.75) is 45.1 Å². The quantitative estimate of drug-likeness (QED) is 0.798. The van der Waals surface area contributed by atoms with E-state index in [-0.39, 0.29) is 6.04 Å². The number of piperidine rings is 2. The van der Waals surface area contributed by atoms with Crippen molar-refractivity contribution < 1.29 is 8.42 Å².